The van der Waals surface area contributed by atoms with Gasteiger partial charge in [0.15, 0.2) is 0 Å². The maximum atomic E-state index is 11.7. The number of halogens is 1. The van der Waals surface area contributed by atoms with Crippen LogP contribution in [0.3, 0.4) is 0 Å². The van der Waals surface area contributed by atoms with Crippen molar-refractivity contribution in [2.24, 2.45) is 5.10 Å². The fraction of sp³-hybridized carbons (Fsp3) is 0.308. The van der Waals surface area contributed by atoms with Crippen molar-refractivity contribution in [2.45, 2.75) is 12.8 Å². The zero-order valence-corrected chi connectivity index (χ0v) is 11.9. The Morgan fingerprint density at radius 3 is 2.74 bits per heavy atom. The number of rotatable bonds is 2. The van der Waals surface area contributed by atoms with Crippen molar-refractivity contribution in [3.63, 3.8) is 0 Å². The van der Waals surface area contributed by atoms with E-state index in [1.807, 2.05) is 24.3 Å². The van der Waals surface area contributed by atoms with E-state index in [0.717, 1.165) is 22.9 Å². The molecule has 0 atom stereocenters. The Morgan fingerprint density at radius 2 is 2.05 bits per heavy atom. The van der Waals surface area contributed by atoms with Gasteiger partial charge in [-0.25, -0.2) is 5.43 Å². The normalized spacial score (nSPS) is 14.9. The summed E-state index contributed by atoms with van der Waals surface area (Å²) in [5.41, 5.74) is 3.09. The number of benzene rings is 1. The summed E-state index contributed by atoms with van der Waals surface area (Å²) in [6, 6.07) is 7.47. The van der Waals surface area contributed by atoms with Crippen LogP contribution in [0.5, 0.6) is 0 Å². The van der Waals surface area contributed by atoms with Crippen LogP contribution in [-0.4, -0.2) is 36.0 Å². The third-order valence-corrected chi connectivity index (χ3v) is 3.31. The molecule has 0 aromatic heterocycles. The van der Waals surface area contributed by atoms with Gasteiger partial charge in [0, 0.05) is 17.6 Å². The predicted octanol–water partition coefficient (Wildman–Crippen LogP) is 1.52. The molecule has 1 aliphatic rings. The number of hydrogen-bond acceptors (Lipinski definition) is 3. The van der Waals surface area contributed by atoms with Crippen LogP contribution in [0.2, 0.25) is 0 Å². The molecule has 1 fully saturated rings. The number of nitrogens with one attached hydrogen (secondary N) is 1. The highest BCUT2D eigenvalue weighted by atomic mass is 79.9. The third kappa shape index (κ3) is 3.89. The third-order valence-electron chi connectivity index (χ3n) is 2.82. The van der Waals surface area contributed by atoms with E-state index in [9.17, 15) is 9.59 Å². The minimum Gasteiger partial charge on any atom is -0.334 e. The molecule has 0 spiro atoms. The van der Waals surface area contributed by atoms with E-state index in [1.165, 1.54) is 6.21 Å². The molecule has 2 rings (SSSR count). The highest BCUT2D eigenvalue weighted by Gasteiger charge is 2.23. The number of hydrazone groups is 1. The fourth-order valence-electron chi connectivity index (χ4n) is 1.86. The van der Waals surface area contributed by atoms with Gasteiger partial charge in [-0.2, -0.15) is 5.10 Å². The lowest BCUT2D eigenvalue weighted by atomic mass is 10.2. The van der Waals surface area contributed by atoms with Gasteiger partial charge >= 0.3 is 11.8 Å². The van der Waals surface area contributed by atoms with Crippen LogP contribution in [-0.2, 0) is 9.59 Å². The zero-order valence-electron chi connectivity index (χ0n) is 10.3. The molecule has 0 aliphatic carbocycles. The maximum absolute atomic E-state index is 11.7. The lowest BCUT2D eigenvalue weighted by Crippen LogP contribution is -2.39. The lowest BCUT2D eigenvalue weighted by molar-refractivity contribution is -0.145. The molecule has 5 nitrogen and oxygen atoms in total. The zero-order chi connectivity index (χ0) is 13.7. The van der Waals surface area contributed by atoms with Gasteiger partial charge in [0.05, 0.1) is 6.21 Å². The summed E-state index contributed by atoms with van der Waals surface area (Å²) >= 11 is 3.34. The summed E-state index contributed by atoms with van der Waals surface area (Å²) < 4.78 is 0.927. The largest absolute Gasteiger partial charge is 0.334 e. The van der Waals surface area contributed by atoms with Crippen molar-refractivity contribution in [1.82, 2.24) is 10.3 Å². The van der Waals surface area contributed by atoms with Crippen LogP contribution in [0.15, 0.2) is 33.8 Å². The first-order valence-electron chi connectivity index (χ1n) is 6.05. The molecule has 0 unspecified atom stereocenters. The average Bonchev–Trinajstić information content (AvgIpc) is 2.91. The molecule has 1 aromatic rings. The quantitative estimate of drug-likeness (QED) is 0.509. The topological polar surface area (TPSA) is 61.8 Å². The van der Waals surface area contributed by atoms with E-state index < -0.39 is 11.8 Å². The summed E-state index contributed by atoms with van der Waals surface area (Å²) in [5.74, 6) is -1.20. The molecule has 19 heavy (non-hydrogen) atoms. The Kier molecular flexibility index (Phi) is 4.68. The highest BCUT2D eigenvalue weighted by Crippen LogP contribution is 2.10. The first kappa shape index (κ1) is 13.7. The Bertz CT molecular complexity index is 510. The molecule has 2 amide bonds. The van der Waals surface area contributed by atoms with Gasteiger partial charge in [0.2, 0.25) is 0 Å². The molecule has 1 aromatic carbocycles. The minimum absolute atomic E-state index is 0.510. The Balaban J connectivity index is 1.87. The van der Waals surface area contributed by atoms with Crippen LogP contribution in [0.1, 0.15) is 18.4 Å². The van der Waals surface area contributed by atoms with Crippen molar-refractivity contribution in [2.75, 3.05) is 13.1 Å². The molecule has 1 N–H and O–H groups in total. The first-order chi connectivity index (χ1) is 9.16. The summed E-state index contributed by atoms with van der Waals surface area (Å²) in [6.45, 7) is 1.31. The summed E-state index contributed by atoms with van der Waals surface area (Å²) in [6.07, 6.45) is 3.42. The molecule has 0 saturated carbocycles. The van der Waals surface area contributed by atoms with Crippen molar-refractivity contribution < 1.29 is 9.59 Å². The number of carbonyl (C=O) groups is 2. The van der Waals surface area contributed by atoms with E-state index in [2.05, 4.69) is 26.5 Å². The predicted molar refractivity (Wildman–Crippen MR) is 75.7 cm³/mol. The standard InChI is InChI=1S/C13H14BrN3O2/c14-11-5-3-4-10(8-11)9-15-16-12(18)13(19)17-6-1-2-7-17/h3-5,8-9H,1-2,6-7H2,(H,16,18). The number of hydrogen-bond donors (Lipinski definition) is 1. The molecular formula is C13H14BrN3O2. The van der Waals surface area contributed by atoms with Gasteiger partial charge in [-0.1, -0.05) is 28.1 Å². The number of carbonyl (C=O) groups excluding carboxylic acids is 2. The molecule has 100 valence electrons. The second-order valence-electron chi connectivity index (χ2n) is 4.25. The van der Waals surface area contributed by atoms with Crippen molar-refractivity contribution in [1.29, 1.82) is 0 Å². The second-order valence-corrected chi connectivity index (χ2v) is 5.17. The molecule has 6 heteroatoms. The van der Waals surface area contributed by atoms with E-state index in [0.29, 0.717) is 13.1 Å². The molecule has 1 heterocycles. The Morgan fingerprint density at radius 1 is 1.32 bits per heavy atom. The molecule has 1 aliphatic heterocycles. The van der Waals surface area contributed by atoms with Crippen LogP contribution < -0.4 is 5.43 Å². The van der Waals surface area contributed by atoms with E-state index in [-0.39, 0.29) is 0 Å². The summed E-state index contributed by atoms with van der Waals surface area (Å²) in [7, 11) is 0. The van der Waals surface area contributed by atoms with Gasteiger partial charge in [-0.15, -0.1) is 0 Å². The van der Waals surface area contributed by atoms with Crippen LogP contribution in [0, 0.1) is 0 Å². The summed E-state index contributed by atoms with van der Waals surface area (Å²) in [5, 5.41) is 3.78. The van der Waals surface area contributed by atoms with E-state index in [1.54, 1.807) is 4.90 Å². The monoisotopic (exact) mass is 323 g/mol. The first-order valence-corrected chi connectivity index (χ1v) is 6.84. The smallest absolute Gasteiger partial charge is 0.329 e. The van der Waals surface area contributed by atoms with Gasteiger partial charge in [0.1, 0.15) is 0 Å². The van der Waals surface area contributed by atoms with Crippen molar-refractivity contribution in [3.8, 4) is 0 Å². The number of amides is 2. The second kappa shape index (κ2) is 6.47. The number of nitrogens with zero attached hydrogens (tertiary/aromatic N) is 2. The van der Waals surface area contributed by atoms with Crippen LogP contribution in [0.4, 0.5) is 0 Å². The summed E-state index contributed by atoms with van der Waals surface area (Å²) in [4.78, 5) is 24.8. The van der Waals surface area contributed by atoms with Gasteiger partial charge < -0.3 is 4.90 Å². The molecule has 0 bridgehead atoms. The fourth-order valence-corrected chi connectivity index (χ4v) is 2.28. The van der Waals surface area contributed by atoms with E-state index in [4.69, 9.17) is 0 Å². The highest BCUT2D eigenvalue weighted by molar-refractivity contribution is 9.10. The van der Waals surface area contributed by atoms with Crippen LogP contribution >= 0.6 is 15.9 Å². The minimum atomic E-state index is -0.687. The molecular weight excluding hydrogens is 310 g/mol. The van der Waals surface area contributed by atoms with Gasteiger partial charge in [-0.05, 0) is 30.5 Å². The van der Waals surface area contributed by atoms with Crippen LogP contribution in [0.25, 0.3) is 0 Å². The van der Waals surface area contributed by atoms with Crippen molar-refractivity contribution >= 4 is 34.0 Å². The Labute approximate surface area is 119 Å². The molecule has 0 radical (unpaired) electrons. The molecule has 1 saturated heterocycles. The number of likely N-dealkylation sites (tertiary alicyclic amines) is 1. The maximum Gasteiger partial charge on any atom is 0.329 e. The van der Waals surface area contributed by atoms with E-state index >= 15 is 0 Å². The van der Waals surface area contributed by atoms with Gasteiger partial charge in [0.25, 0.3) is 0 Å². The Hall–Kier alpha value is -1.69. The van der Waals surface area contributed by atoms with Crippen molar-refractivity contribution in [3.05, 3.63) is 34.3 Å². The SMILES string of the molecule is O=C(NN=Cc1cccc(Br)c1)C(=O)N1CCCC1. The average molecular weight is 324 g/mol. The van der Waals surface area contributed by atoms with Gasteiger partial charge in [-0.3, -0.25) is 9.59 Å². The lowest BCUT2D eigenvalue weighted by Gasteiger charge is -2.12.